The van der Waals surface area contributed by atoms with E-state index in [9.17, 15) is 39.6 Å². The number of amides is 3. The molecule has 0 spiro atoms. The zero-order valence-electron chi connectivity index (χ0n) is 29.1. The minimum Gasteiger partial charge on any atom is -0.544 e. The number of rotatable bonds is 14. The Balaban J connectivity index is 0.00000627. The van der Waals surface area contributed by atoms with Gasteiger partial charge in [-0.15, -0.1) is 5.10 Å². The molecule has 1 aliphatic rings. The van der Waals surface area contributed by atoms with E-state index in [4.69, 9.17) is 9.47 Å². The topological polar surface area (TPSA) is 237 Å². The summed E-state index contributed by atoms with van der Waals surface area (Å²) in [6.45, 7) is 0.480. The number of carbonyl (C=O) groups excluding carboxylic acids is 4. The van der Waals surface area contributed by atoms with Crippen LogP contribution in [0.2, 0.25) is 0 Å². The Morgan fingerprint density at radius 2 is 1.58 bits per heavy atom. The summed E-state index contributed by atoms with van der Waals surface area (Å²) in [6, 6.07) is 24.5. The van der Waals surface area contributed by atoms with E-state index in [0.717, 1.165) is 23.6 Å². The monoisotopic (exact) mass is 738 g/mol. The van der Waals surface area contributed by atoms with Gasteiger partial charge in [0.05, 0.1) is 31.1 Å². The number of aliphatic hydroxyl groups excluding tert-OH is 3. The molecule has 53 heavy (non-hydrogen) atoms. The number of carboxylic acid groups (broad SMARTS) is 1. The number of benzene rings is 3. The van der Waals surface area contributed by atoms with E-state index >= 15 is 0 Å². The van der Waals surface area contributed by atoms with Crippen LogP contribution >= 0.6 is 0 Å². The number of aromatic nitrogens is 3. The molecule has 0 saturated carbocycles. The van der Waals surface area contributed by atoms with E-state index in [1.165, 1.54) is 0 Å². The minimum absolute atomic E-state index is 0. The first-order valence-electron chi connectivity index (χ1n) is 16.5. The molecule has 1 aromatic heterocycles. The molecular formula is C36H39N6NaO10. The quantitative estimate of drug-likeness (QED) is 0.0422. The molecule has 0 unspecified atom stereocenters. The van der Waals surface area contributed by atoms with Gasteiger partial charge in [-0.05, 0) is 29.7 Å². The zero-order valence-corrected chi connectivity index (χ0v) is 31.1. The molecule has 0 bridgehead atoms. The van der Waals surface area contributed by atoms with Crippen LogP contribution in [0.25, 0.3) is 22.4 Å². The fourth-order valence-electron chi connectivity index (χ4n) is 5.74. The van der Waals surface area contributed by atoms with Crippen molar-refractivity contribution in [2.45, 2.75) is 62.6 Å². The van der Waals surface area contributed by atoms with Gasteiger partial charge in [-0.2, -0.15) is 0 Å². The number of ether oxygens (including phenoxy) is 2. The molecule has 17 heteroatoms. The van der Waals surface area contributed by atoms with Crippen LogP contribution in [0.1, 0.15) is 19.8 Å². The summed E-state index contributed by atoms with van der Waals surface area (Å²) in [5.41, 5.74) is 3.95. The maximum absolute atomic E-state index is 12.4. The average molecular weight is 739 g/mol. The summed E-state index contributed by atoms with van der Waals surface area (Å²) in [6.07, 6.45) is -6.00. The third-order valence-electron chi connectivity index (χ3n) is 8.39. The number of para-hydroxylation sites is 1. The fraction of sp³-hybridized carbons (Fsp3) is 0.333. The molecule has 3 amide bonds. The SMILES string of the molecule is CC(=O)N[C@H]1[C@H]([C@H](O)[C@H](O)CNC(=O)C(=O)Nc2ccccc2)O[C@@](OCCCn2cc(-c3ccc(-c4ccccc4)cc3)nn2)(C(=O)[O-])C[C@@H]1O.[Na+]. The second-order valence-corrected chi connectivity index (χ2v) is 12.2. The summed E-state index contributed by atoms with van der Waals surface area (Å²) in [7, 11) is 0. The number of nitrogens with zero attached hydrogens (tertiary/aromatic N) is 3. The summed E-state index contributed by atoms with van der Waals surface area (Å²) in [5.74, 6) is -7.28. The predicted molar refractivity (Wildman–Crippen MR) is 182 cm³/mol. The number of carbonyl (C=O) groups is 4. The first-order chi connectivity index (χ1) is 25.0. The Morgan fingerprint density at radius 3 is 2.23 bits per heavy atom. The van der Waals surface area contributed by atoms with Crippen molar-refractivity contribution >= 4 is 29.4 Å². The zero-order chi connectivity index (χ0) is 37.3. The summed E-state index contributed by atoms with van der Waals surface area (Å²) in [4.78, 5) is 49.0. The van der Waals surface area contributed by atoms with E-state index in [-0.39, 0.29) is 49.1 Å². The smallest absolute Gasteiger partial charge is 0.544 e. The number of aliphatic carboxylic acids is 1. The van der Waals surface area contributed by atoms with Gasteiger partial charge in [0.25, 0.3) is 0 Å². The summed E-state index contributed by atoms with van der Waals surface area (Å²) < 4.78 is 12.9. The fourth-order valence-corrected chi connectivity index (χ4v) is 5.74. The Hall–Kier alpha value is -4.52. The van der Waals surface area contributed by atoms with E-state index in [1.807, 2.05) is 54.6 Å². The summed E-state index contributed by atoms with van der Waals surface area (Å²) in [5, 5.41) is 60.5. The third kappa shape index (κ3) is 10.8. The molecule has 1 fully saturated rings. The largest absolute Gasteiger partial charge is 1.00 e. The van der Waals surface area contributed by atoms with Crippen molar-refractivity contribution in [2.24, 2.45) is 0 Å². The Bertz CT molecular complexity index is 1830. The van der Waals surface area contributed by atoms with Crippen LogP contribution in [0.5, 0.6) is 0 Å². The molecule has 4 aromatic rings. The molecule has 1 saturated heterocycles. The molecular weight excluding hydrogens is 699 g/mol. The molecule has 0 aliphatic carbocycles. The van der Waals surface area contributed by atoms with Crippen LogP contribution in [0.4, 0.5) is 5.69 Å². The second-order valence-electron chi connectivity index (χ2n) is 12.2. The molecule has 6 N–H and O–H groups in total. The Labute approximate surface area is 326 Å². The Morgan fingerprint density at radius 1 is 0.962 bits per heavy atom. The van der Waals surface area contributed by atoms with Gasteiger partial charge < -0.3 is 50.6 Å². The number of carboxylic acids is 1. The van der Waals surface area contributed by atoms with Crippen molar-refractivity contribution in [3.05, 3.63) is 91.1 Å². The summed E-state index contributed by atoms with van der Waals surface area (Å²) >= 11 is 0. The van der Waals surface area contributed by atoms with E-state index in [2.05, 4.69) is 26.3 Å². The van der Waals surface area contributed by atoms with Crippen LogP contribution < -0.4 is 50.6 Å². The molecule has 1 aliphatic heterocycles. The molecule has 6 atom stereocenters. The third-order valence-corrected chi connectivity index (χ3v) is 8.39. The van der Waals surface area contributed by atoms with E-state index in [1.54, 1.807) is 41.2 Å². The second kappa shape index (κ2) is 19.0. The normalized spacial score (nSPS) is 20.6. The number of nitrogens with one attached hydrogen (secondary N) is 3. The molecule has 0 radical (unpaired) electrons. The van der Waals surface area contributed by atoms with Crippen molar-refractivity contribution in [2.75, 3.05) is 18.5 Å². The van der Waals surface area contributed by atoms with Gasteiger partial charge in [0, 0.05) is 37.7 Å². The molecule has 2 heterocycles. The molecule has 3 aromatic carbocycles. The maximum atomic E-state index is 12.4. The molecule has 274 valence electrons. The van der Waals surface area contributed by atoms with Crippen LogP contribution in [-0.2, 0) is 35.2 Å². The first-order valence-corrected chi connectivity index (χ1v) is 16.5. The van der Waals surface area contributed by atoms with Gasteiger partial charge in [0.15, 0.2) is 0 Å². The molecule has 16 nitrogen and oxygen atoms in total. The van der Waals surface area contributed by atoms with E-state index < -0.39 is 72.9 Å². The first kappa shape index (κ1) is 41.2. The van der Waals surface area contributed by atoms with Crippen molar-refractivity contribution < 1.29 is 78.6 Å². The standard InChI is InChI=1S/C36H40N6O10.Na/c1-22(43)38-30-28(44)19-36(35(49)50,52-32(30)31(46)29(45)20-37-33(47)34(48)39-26-11-6-3-7-12-26)51-18-8-17-42-21-27(40-41-42)25-15-13-24(14-16-25)23-9-4-2-5-10-23;/h2-7,9-16,21,28-32,44-46H,8,17-20H2,1H3,(H,37,47)(H,38,43)(H,39,48)(H,49,50);/q;+1/p-1/t28-,29+,30+,31+,32+,36+;/m0./s1. The van der Waals surface area contributed by atoms with Gasteiger partial charge in [0.2, 0.25) is 11.7 Å². The van der Waals surface area contributed by atoms with Crippen molar-refractivity contribution in [1.29, 1.82) is 0 Å². The van der Waals surface area contributed by atoms with Gasteiger partial charge >= 0.3 is 41.4 Å². The Kier molecular flexibility index (Phi) is 14.8. The van der Waals surface area contributed by atoms with Gasteiger partial charge in [0.1, 0.15) is 23.9 Å². The van der Waals surface area contributed by atoms with Gasteiger partial charge in [-0.3, -0.25) is 19.1 Å². The number of hydrogen-bond acceptors (Lipinski definition) is 12. The van der Waals surface area contributed by atoms with Crippen LogP contribution in [-0.4, -0.2) is 103 Å². The van der Waals surface area contributed by atoms with Crippen molar-refractivity contribution in [3.63, 3.8) is 0 Å². The number of aryl methyl sites for hydroxylation is 1. The van der Waals surface area contributed by atoms with E-state index in [0.29, 0.717) is 11.4 Å². The number of anilines is 1. The maximum Gasteiger partial charge on any atom is 1.00 e. The number of hydrogen-bond donors (Lipinski definition) is 6. The molecule has 5 rings (SSSR count). The van der Waals surface area contributed by atoms with Crippen molar-refractivity contribution in [1.82, 2.24) is 25.6 Å². The predicted octanol–water partition coefficient (Wildman–Crippen LogP) is -3.40. The van der Waals surface area contributed by atoms with Crippen LogP contribution in [0, 0.1) is 0 Å². The van der Waals surface area contributed by atoms with Crippen LogP contribution in [0.3, 0.4) is 0 Å². The average Bonchev–Trinajstić information content (AvgIpc) is 3.62. The van der Waals surface area contributed by atoms with Crippen LogP contribution in [0.15, 0.2) is 91.1 Å². The number of aliphatic hydroxyl groups is 3. The van der Waals surface area contributed by atoms with Gasteiger partial charge in [-0.1, -0.05) is 78.0 Å². The minimum atomic E-state index is -2.59. The van der Waals surface area contributed by atoms with Gasteiger partial charge in [-0.25, -0.2) is 0 Å². The van der Waals surface area contributed by atoms with Crippen molar-refractivity contribution in [3.8, 4) is 22.4 Å².